The number of benzene rings is 1. The molecule has 0 aliphatic heterocycles. The molecule has 0 spiro atoms. The number of carbonyl (C=O) groups excluding carboxylic acids is 3. The summed E-state index contributed by atoms with van der Waals surface area (Å²) in [6.45, 7) is 4.51. The van der Waals surface area contributed by atoms with Gasteiger partial charge in [0.1, 0.15) is 5.69 Å². The fraction of sp³-hybridized carbons (Fsp3) is 0.500. The van der Waals surface area contributed by atoms with Gasteiger partial charge >= 0.3 is 12.0 Å². The van der Waals surface area contributed by atoms with Crippen LogP contribution in [0.4, 0.5) is 4.79 Å². The zero-order valence-corrected chi connectivity index (χ0v) is 18.1. The van der Waals surface area contributed by atoms with Crippen molar-refractivity contribution >= 4 is 28.9 Å². The van der Waals surface area contributed by atoms with Crippen LogP contribution in [0.1, 0.15) is 51.6 Å². The van der Waals surface area contributed by atoms with Crippen LogP contribution < -0.4 is 16.2 Å². The van der Waals surface area contributed by atoms with Crippen molar-refractivity contribution in [3.63, 3.8) is 0 Å². The number of rotatable bonds is 11. The summed E-state index contributed by atoms with van der Waals surface area (Å²) in [6.07, 6.45) is 3.54. The van der Waals surface area contributed by atoms with Gasteiger partial charge in [0.25, 0.3) is 11.5 Å². The first-order chi connectivity index (χ1) is 15.0. The zero-order chi connectivity index (χ0) is 22.6. The van der Waals surface area contributed by atoms with E-state index in [1.165, 1.54) is 0 Å². The highest BCUT2D eigenvalue weighted by molar-refractivity contribution is 5.95. The predicted octanol–water partition coefficient (Wildman–Crippen LogP) is 2.30. The van der Waals surface area contributed by atoms with Crippen molar-refractivity contribution in [2.24, 2.45) is 0 Å². The second-order valence-electron chi connectivity index (χ2n) is 7.18. The molecule has 0 radical (unpaired) electrons. The minimum Gasteiger partial charge on any atom is -0.456 e. The molecule has 2 rings (SSSR count). The third-order valence-electron chi connectivity index (χ3n) is 4.65. The van der Waals surface area contributed by atoms with Crippen LogP contribution in [-0.2, 0) is 27.3 Å². The summed E-state index contributed by atoms with van der Waals surface area (Å²) in [4.78, 5) is 52.5. The number of fused-ring (bicyclic) bond motifs is 1. The summed E-state index contributed by atoms with van der Waals surface area (Å²) >= 11 is 0. The molecule has 0 bridgehead atoms. The molecule has 168 valence electrons. The number of para-hydroxylation sites is 2. The first kappa shape index (κ1) is 24.0. The largest absolute Gasteiger partial charge is 0.456 e. The van der Waals surface area contributed by atoms with Gasteiger partial charge in [-0.05, 0) is 25.0 Å². The van der Waals surface area contributed by atoms with E-state index in [1.54, 1.807) is 4.57 Å². The average molecular weight is 431 g/mol. The summed E-state index contributed by atoms with van der Waals surface area (Å²) in [5, 5.41) is 4.62. The Bertz CT molecular complexity index is 970. The summed E-state index contributed by atoms with van der Waals surface area (Å²) in [5.74, 6) is -1.36. The number of ether oxygens (including phenoxy) is 1. The maximum absolute atomic E-state index is 12.8. The van der Waals surface area contributed by atoms with Crippen molar-refractivity contribution in [3.8, 4) is 0 Å². The monoisotopic (exact) mass is 430 g/mol. The van der Waals surface area contributed by atoms with Crippen LogP contribution in [-0.4, -0.2) is 40.6 Å². The minimum absolute atomic E-state index is 0.0929. The molecule has 1 heterocycles. The number of urea groups is 1. The molecule has 1 aromatic heterocycles. The summed E-state index contributed by atoms with van der Waals surface area (Å²) in [6, 6.07) is 6.77. The van der Waals surface area contributed by atoms with Crippen LogP contribution >= 0.6 is 0 Å². The standard InChI is InChI=1S/C22H30N4O5/c1-3-5-13-23-22(30)25-19(27)15-31-20(28)12-11-17-21(29)26(14-6-4-2)18-10-8-7-9-16(18)24-17/h7-10H,3-6,11-15H2,1-2H3,(H2,23,25,27,30). The van der Waals surface area contributed by atoms with Gasteiger partial charge in [0.2, 0.25) is 0 Å². The Balaban J connectivity index is 1.91. The van der Waals surface area contributed by atoms with Gasteiger partial charge in [-0.2, -0.15) is 0 Å². The van der Waals surface area contributed by atoms with E-state index in [1.807, 2.05) is 31.2 Å². The molecule has 9 heteroatoms. The molecule has 2 aromatic rings. The number of aromatic nitrogens is 2. The topological polar surface area (TPSA) is 119 Å². The molecule has 0 aliphatic carbocycles. The van der Waals surface area contributed by atoms with Gasteiger partial charge < -0.3 is 14.6 Å². The lowest BCUT2D eigenvalue weighted by atomic mass is 10.2. The number of carbonyl (C=O) groups is 3. The van der Waals surface area contributed by atoms with Crippen molar-refractivity contribution in [3.05, 3.63) is 40.3 Å². The van der Waals surface area contributed by atoms with E-state index in [4.69, 9.17) is 4.74 Å². The third kappa shape index (κ3) is 7.51. The van der Waals surface area contributed by atoms with Gasteiger partial charge in [0.05, 0.1) is 17.5 Å². The van der Waals surface area contributed by atoms with E-state index < -0.39 is 24.5 Å². The highest BCUT2D eigenvalue weighted by Crippen LogP contribution is 2.12. The van der Waals surface area contributed by atoms with E-state index in [0.717, 1.165) is 31.2 Å². The normalized spacial score (nSPS) is 10.6. The summed E-state index contributed by atoms with van der Waals surface area (Å²) in [5.41, 5.74) is 1.52. The minimum atomic E-state index is -0.715. The zero-order valence-electron chi connectivity index (χ0n) is 18.1. The number of unbranched alkanes of at least 4 members (excludes halogenated alkanes) is 2. The van der Waals surface area contributed by atoms with Crippen molar-refractivity contribution in [2.45, 2.75) is 58.9 Å². The van der Waals surface area contributed by atoms with Gasteiger partial charge in [-0.25, -0.2) is 9.78 Å². The highest BCUT2D eigenvalue weighted by Gasteiger charge is 2.14. The number of amides is 3. The van der Waals surface area contributed by atoms with E-state index in [2.05, 4.69) is 22.5 Å². The molecule has 2 N–H and O–H groups in total. The molecular formula is C22H30N4O5. The van der Waals surface area contributed by atoms with Crippen LogP contribution in [0, 0.1) is 0 Å². The predicted molar refractivity (Wildman–Crippen MR) is 117 cm³/mol. The first-order valence-corrected chi connectivity index (χ1v) is 10.7. The molecule has 3 amide bonds. The van der Waals surface area contributed by atoms with Crippen LogP contribution in [0.15, 0.2) is 29.1 Å². The van der Waals surface area contributed by atoms with E-state index in [9.17, 15) is 19.2 Å². The van der Waals surface area contributed by atoms with Crippen molar-refractivity contribution in [2.75, 3.05) is 13.2 Å². The van der Waals surface area contributed by atoms with Crippen LogP contribution in [0.3, 0.4) is 0 Å². The Morgan fingerprint density at radius 1 is 1.10 bits per heavy atom. The van der Waals surface area contributed by atoms with Gasteiger partial charge in [-0.1, -0.05) is 38.8 Å². The third-order valence-corrected chi connectivity index (χ3v) is 4.65. The fourth-order valence-corrected chi connectivity index (χ4v) is 2.97. The Kier molecular flexibility index (Phi) is 9.67. The number of esters is 1. The quantitative estimate of drug-likeness (QED) is 0.417. The Morgan fingerprint density at radius 2 is 1.84 bits per heavy atom. The van der Waals surface area contributed by atoms with Crippen LogP contribution in [0.25, 0.3) is 11.0 Å². The smallest absolute Gasteiger partial charge is 0.321 e. The van der Waals surface area contributed by atoms with Crippen LogP contribution in [0.2, 0.25) is 0 Å². The van der Waals surface area contributed by atoms with E-state index in [0.29, 0.717) is 18.6 Å². The van der Waals surface area contributed by atoms with Crippen molar-refractivity contribution in [1.82, 2.24) is 20.2 Å². The Morgan fingerprint density at radius 3 is 2.58 bits per heavy atom. The maximum atomic E-state index is 12.8. The number of hydrogen-bond acceptors (Lipinski definition) is 6. The second-order valence-corrected chi connectivity index (χ2v) is 7.18. The molecule has 0 unspecified atom stereocenters. The lowest BCUT2D eigenvalue weighted by Crippen LogP contribution is -2.41. The van der Waals surface area contributed by atoms with Crippen molar-refractivity contribution in [1.29, 1.82) is 0 Å². The Hall–Kier alpha value is -3.23. The number of nitrogens with zero attached hydrogens (tertiary/aromatic N) is 2. The molecular weight excluding hydrogens is 400 g/mol. The second kappa shape index (κ2) is 12.5. The molecule has 0 aliphatic rings. The van der Waals surface area contributed by atoms with Gasteiger partial charge in [0.15, 0.2) is 6.61 Å². The van der Waals surface area contributed by atoms with E-state index in [-0.39, 0.29) is 24.1 Å². The van der Waals surface area contributed by atoms with Gasteiger partial charge in [0, 0.05) is 19.5 Å². The van der Waals surface area contributed by atoms with E-state index >= 15 is 0 Å². The van der Waals surface area contributed by atoms with Crippen molar-refractivity contribution < 1.29 is 19.1 Å². The lowest BCUT2D eigenvalue weighted by Gasteiger charge is -2.12. The molecule has 1 aromatic carbocycles. The fourth-order valence-electron chi connectivity index (χ4n) is 2.97. The molecule has 0 saturated carbocycles. The maximum Gasteiger partial charge on any atom is 0.321 e. The number of imide groups is 1. The lowest BCUT2D eigenvalue weighted by molar-refractivity contribution is -0.148. The molecule has 9 nitrogen and oxygen atoms in total. The van der Waals surface area contributed by atoms with Gasteiger partial charge in [-0.3, -0.25) is 19.7 Å². The first-order valence-electron chi connectivity index (χ1n) is 10.7. The molecule has 0 fully saturated rings. The Labute approximate surface area is 181 Å². The highest BCUT2D eigenvalue weighted by atomic mass is 16.5. The van der Waals surface area contributed by atoms with Gasteiger partial charge in [-0.15, -0.1) is 0 Å². The number of hydrogen-bond donors (Lipinski definition) is 2. The molecule has 31 heavy (non-hydrogen) atoms. The average Bonchev–Trinajstić information content (AvgIpc) is 2.76. The number of nitrogens with one attached hydrogen (secondary N) is 2. The number of aryl methyl sites for hydroxylation is 2. The summed E-state index contributed by atoms with van der Waals surface area (Å²) < 4.78 is 6.60. The summed E-state index contributed by atoms with van der Waals surface area (Å²) in [7, 11) is 0. The van der Waals surface area contributed by atoms with Crippen LogP contribution in [0.5, 0.6) is 0 Å². The molecule has 0 atom stereocenters. The molecule has 0 saturated heterocycles. The SMILES string of the molecule is CCCCNC(=O)NC(=O)COC(=O)CCc1nc2ccccc2n(CCCC)c1=O.